The summed E-state index contributed by atoms with van der Waals surface area (Å²) in [5, 5.41) is 165. The molecule has 0 aromatic heterocycles. The van der Waals surface area contributed by atoms with Gasteiger partial charge in [0.25, 0.3) is 0 Å². The van der Waals surface area contributed by atoms with Crippen molar-refractivity contribution in [2.45, 2.75) is 251 Å². The van der Waals surface area contributed by atoms with Crippen LogP contribution in [-0.2, 0) is 56.8 Å². The molecule has 0 aromatic rings. The van der Waals surface area contributed by atoms with E-state index in [9.17, 15) is 76.6 Å². The Balaban J connectivity index is 0.798. The Hall–Kier alpha value is -1.08. The summed E-state index contributed by atoms with van der Waals surface area (Å²) in [5.74, 6) is 1.52. The van der Waals surface area contributed by atoms with Crippen molar-refractivity contribution in [3.63, 3.8) is 0 Å². The van der Waals surface area contributed by atoms with Crippen molar-refractivity contribution in [2.75, 3.05) is 39.6 Å². The van der Waals surface area contributed by atoms with Crippen LogP contribution in [0.2, 0.25) is 0 Å². The summed E-state index contributed by atoms with van der Waals surface area (Å²) in [5.41, 5.74) is -0.170. The van der Waals surface area contributed by atoms with Crippen LogP contribution < -0.4 is 0 Å². The molecule has 11 fully saturated rings. The summed E-state index contributed by atoms with van der Waals surface area (Å²) in [7, 11) is 0. The fourth-order valence-corrected chi connectivity index (χ4v) is 17.1. The predicted molar refractivity (Wildman–Crippen MR) is 270 cm³/mol. The van der Waals surface area contributed by atoms with E-state index in [1.165, 1.54) is 0 Å². The standard InChI is InChI=1S/C55H90O27/c1-20-5-10-55(73-17-20)21(2)34-30(82-55)13-25-23-12-27(59)26-11-22(6-8-53(26,3)24(23)7-9-54(25,34)4)74-50-43(70)40(67)44(33(16-58)77-50)78-52-47(45(38(65)32(15-57)76-52)79-48-41(68)35(62)28(60)18-71-48)81-51-46(39(66)37(64)31(14-56)75-51)80-49-42(69)36(63)29(61)19-72-49/h20-52,56-70H,5-19H2,1-4H3/t20-,21+,22+,23-,24+,25+,26-,27+,28-,29-,30+,31-,32-,33-,34+,35+,36+,37-,38-,39+,40-,41-,42-,43-,44+,45+,46-,47-,48+,49+,50-,51+,52+,53-,54+,55-/m1/s1. The maximum atomic E-state index is 12.2. The number of fused-ring (bicyclic) bond motifs is 7. The van der Waals surface area contributed by atoms with Crippen molar-refractivity contribution in [1.82, 2.24) is 0 Å². The van der Waals surface area contributed by atoms with Crippen LogP contribution in [0.25, 0.3) is 0 Å². The lowest BCUT2D eigenvalue weighted by molar-refractivity contribution is -0.412. The van der Waals surface area contributed by atoms with Gasteiger partial charge in [0.1, 0.15) is 110 Å². The molecular weight excluding hydrogens is 1090 g/mol. The van der Waals surface area contributed by atoms with E-state index in [0.29, 0.717) is 61.9 Å². The minimum Gasteiger partial charge on any atom is -0.394 e. The predicted octanol–water partition coefficient (Wildman–Crippen LogP) is -4.84. The highest BCUT2D eigenvalue weighted by atomic mass is 16.8. The summed E-state index contributed by atoms with van der Waals surface area (Å²) < 4.78 is 73.5. The zero-order valence-corrected chi connectivity index (χ0v) is 46.8. The van der Waals surface area contributed by atoms with Gasteiger partial charge in [0.05, 0.1) is 58.0 Å². The summed E-state index contributed by atoms with van der Waals surface area (Å²) in [6, 6.07) is 0. The van der Waals surface area contributed by atoms with Crippen molar-refractivity contribution in [1.29, 1.82) is 0 Å². The molecule has 7 aliphatic heterocycles. The molecule has 0 radical (unpaired) electrons. The summed E-state index contributed by atoms with van der Waals surface area (Å²) in [6.45, 7) is 6.12. The van der Waals surface area contributed by atoms with Crippen LogP contribution in [0.5, 0.6) is 0 Å². The highest BCUT2D eigenvalue weighted by Crippen LogP contribution is 2.71. The Morgan fingerprint density at radius 3 is 1.61 bits per heavy atom. The van der Waals surface area contributed by atoms with Crippen LogP contribution in [0.3, 0.4) is 0 Å². The van der Waals surface area contributed by atoms with Crippen LogP contribution in [0, 0.1) is 52.3 Å². The fraction of sp³-hybridized carbons (Fsp3) is 1.00. The smallest absolute Gasteiger partial charge is 0.187 e. The van der Waals surface area contributed by atoms with E-state index in [0.717, 1.165) is 32.1 Å². The third kappa shape index (κ3) is 10.9. The van der Waals surface area contributed by atoms with Crippen molar-refractivity contribution < 1.29 is 133 Å². The molecule has 11 rings (SSSR count). The molecule has 4 aliphatic carbocycles. The van der Waals surface area contributed by atoms with E-state index in [2.05, 4.69) is 27.7 Å². The van der Waals surface area contributed by atoms with Gasteiger partial charge in [-0.25, -0.2) is 0 Å². The van der Waals surface area contributed by atoms with Crippen molar-refractivity contribution in [3.05, 3.63) is 0 Å². The van der Waals surface area contributed by atoms with Gasteiger partial charge >= 0.3 is 0 Å². The van der Waals surface area contributed by atoms with Gasteiger partial charge in [-0.1, -0.05) is 27.7 Å². The molecule has 7 heterocycles. The SMILES string of the molecule is C[C@@H]1CC[C@@]2(OC1)O[C@H]1C[C@H]3[C@@H]4C[C@H](O)[C@H]5C[C@@H](O[C@@H]6O[C@H](CO)[C@H](O[C@@H]7O[C@H](CO)[C@@H](O)[C@H](O[C@@H]8OC[C@@H](O)[C@H](O)[C@H]8O)[C@H]7O[C@@H]7O[C@H](CO)[C@@H](O)[C@H](O)[C@H]7O[C@@H]7OC[C@@H](O)[C@H](O)[C@H]7O)[C@H](O)[C@H]6O)CC[C@]5(C)[C@H]4CC[C@]3(C)[C@H]1[C@@H]2C. The zero-order valence-electron chi connectivity index (χ0n) is 46.8. The first-order valence-electron chi connectivity index (χ1n) is 29.7. The van der Waals surface area contributed by atoms with Gasteiger partial charge in [0, 0.05) is 12.3 Å². The molecule has 0 bridgehead atoms. The molecule has 27 nitrogen and oxygen atoms in total. The topological polar surface area (TPSA) is 414 Å². The average molecular weight is 1180 g/mol. The largest absolute Gasteiger partial charge is 0.394 e. The van der Waals surface area contributed by atoms with Crippen molar-refractivity contribution in [3.8, 4) is 0 Å². The minimum atomic E-state index is -2.05. The third-order valence-corrected chi connectivity index (χ3v) is 21.7. The average Bonchev–Trinajstić information content (AvgIpc) is 3.07. The minimum absolute atomic E-state index is 0.0514. The molecule has 0 amide bonds. The number of rotatable bonds is 13. The van der Waals surface area contributed by atoms with E-state index >= 15 is 0 Å². The number of hydrogen-bond acceptors (Lipinski definition) is 27. The quantitative estimate of drug-likeness (QED) is 0.0769. The summed E-state index contributed by atoms with van der Waals surface area (Å²) in [4.78, 5) is 0. The van der Waals surface area contributed by atoms with E-state index in [-0.39, 0.29) is 28.8 Å². The molecule has 0 aromatic carbocycles. The molecule has 1 spiro atoms. The van der Waals surface area contributed by atoms with Gasteiger partial charge in [-0.05, 0) is 97.7 Å². The van der Waals surface area contributed by atoms with E-state index in [1.54, 1.807) is 0 Å². The van der Waals surface area contributed by atoms with Crippen molar-refractivity contribution in [2.24, 2.45) is 52.3 Å². The Morgan fingerprint density at radius 1 is 0.439 bits per heavy atom. The Kier molecular flexibility index (Phi) is 18.6. The lowest BCUT2D eigenvalue weighted by Crippen LogP contribution is -2.69. The zero-order chi connectivity index (χ0) is 58.6. The molecule has 7 saturated heterocycles. The molecule has 36 atom stereocenters. The second-order valence-electron chi connectivity index (χ2n) is 26.4. The maximum absolute atomic E-state index is 12.2. The Labute approximate surface area is 475 Å². The highest BCUT2D eigenvalue weighted by Gasteiger charge is 2.70. The van der Waals surface area contributed by atoms with Crippen LogP contribution >= 0.6 is 0 Å². The molecule has 0 unspecified atom stereocenters. The number of hydrogen-bond donors (Lipinski definition) is 15. The molecule has 27 heteroatoms. The van der Waals surface area contributed by atoms with Gasteiger partial charge in [0.15, 0.2) is 37.2 Å². The van der Waals surface area contributed by atoms with E-state index in [4.69, 9.17) is 56.8 Å². The van der Waals surface area contributed by atoms with Gasteiger partial charge in [-0.15, -0.1) is 0 Å². The monoisotopic (exact) mass is 1180 g/mol. The van der Waals surface area contributed by atoms with Gasteiger partial charge in [-0.2, -0.15) is 0 Å². The van der Waals surface area contributed by atoms with E-state index in [1.807, 2.05) is 0 Å². The molecular formula is C55H90O27. The van der Waals surface area contributed by atoms with Crippen LogP contribution in [0.15, 0.2) is 0 Å². The molecule has 472 valence electrons. The number of aliphatic hydroxyl groups is 15. The highest BCUT2D eigenvalue weighted by molar-refractivity contribution is 5.16. The van der Waals surface area contributed by atoms with Crippen molar-refractivity contribution >= 4 is 0 Å². The first kappa shape index (κ1) is 62.5. The van der Waals surface area contributed by atoms with Crippen LogP contribution in [0.1, 0.15) is 85.5 Å². The number of ether oxygens (including phenoxy) is 12. The fourth-order valence-electron chi connectivity index (χ4n) is 17.1. The van der Waals surface area contributed by atoms with Crippen LogP contribution in [0.4, 0.5) is 0 Å². The first-order chi connectivity index (χ1) is 39.0. The normalized spacial score (nSPS) is 57.9. The van der Waals surface area contributed by atoms with E-state index < -0.39 is 192 Å². The maximum Gasteiger partial charge on any atom is 0.187 e. The summed E-state index contributed by atoms with van der Waals surface area (Å²) >= 11 is 0. The third-order valence-electron chi connectivity index (χ3n) is 21.7. The molecule has 15 N–H and O–H groups in total. The molecule has 11 aliphatic rings. The van der Waals surface area contributed by atoms with Gasteiger partial charge in [0.2, 0.25) is 0 Å². The summed E-state index contributed by atoms with van der Waals surface area (Å²) in [6.07, 6.45) is -35.8. The first-order valence-corrected chi connectivity index (χ1v) is 29.7. The molecule has 4 saturated carbocycles. The van der Waals surface area contributed by atoms with Gasteiger partial charge in [-0.3, -0.25) is 0 Å². The molecule has 82 heavy (non-hydrogen) atoms. The second kappa shape index (κ2) is 24.4. The number of aliphatic hydroxyl groups excluding tert-OH is 15. The Bertz CT molecular complexity index is 2130. The lowest BCUT2D eigenvalue weighted by atomic mass is 9.43. The second-order valence-corrected chi connectivity index (χ2v) is 26.4. The van der Waals surface area contributed by atoms with Crippen LogP contribution in [-0.4, -0.2) is 282 Å². The lowest BCUT2D eigenvalue weighted by Gasteiger charge is -2.62. The van der Waals surface area contributed by atoms with Gasteiger partial charge < -0.3 is 133 Å². The Morgan fingerprint density at radius 2 is 0.988 bits per heavy atom.